The van der Waals surface area contributed by atoms with Crippen molar-refractivity contribution in [3.8, 4) is 0 Å². The van der Waals surface area contributed by atoms with Gasteiger partial charge < -0.3 is 34.7 Å². The van der Waals surface area contributed by atoms with Gasteiger partial charge in [-0.2, -0.15) is 13.6 Å². The second kappa shape index (κ2) is 9.84. The second-order valence-corrected chi connectivity index (χ2v) is 10.9. The summed E-state index contributed by atoms with van der Waals surface area (Å²) in [5, 5.41) is 12.8. The van der Waals surface area contributed by atoms with Gasteiger partial charge in [-0.05, 0) is 6.07 Å². The highest BCUT2D eigenvalue weighted by Gasteiger charge is 2.57. The molecular formula is C11H18ClFN3O13P3. The van der Waals surface area contributed by atoms with Crippen LogP contribution in [0.3, 0.4) is 0 Å². The summed E-state index contributed by atoms with van der Waals surface area (Å²) in [6.45, 7) is -1.23. The highest BCUT2D eigenvalue weighted by atomic mass is 35.5. The van der Waals surface area contributed by atoms with E-state index in [1.807, 2.05) is 0 Å². The van der Waals surface area contributed by atoms with Crippen LogP contribution in [0, 0.1) is 0 Å². The van der Waals surface area contributed by atoms with Gasteiger partial charge in [-0.25, -0.2) is 22.9 Å². The van der Waals surface area contributed by atoms with Crippen molar-refractivity contribution in [2.24, 2.45) is 0 Å². The van der Waals surface area contributed by atoms with Crippen LogP contribution in [0.25, 0.3) is 0 Å². The summed E-state index contributed by atoms with van der Waals surface area (Å²) in [5.74, 6) is -0.617. The van der Waals surface area contributed by atoms with E-state index in [9.17, 15) is 32.9 Å². The molecule has 32 heavy (non-hydrogen) atoms. The third-order valence-corrected chi connectivity index (χ3v) is 8.18. The lowest BCUT2D eigenvalue weighted by molar-refractivity contribution is -0.113. The summed E-state index contributed by atoms with van der Waals surface area (Å²) in [6.07, 6.45) is -5.14. The van der Waals surface area contributed by atoms with Gasteiger partial charge in [-0.3, -0.25) is 9.09 Å². The summed E-state index contributed by atoms with van der Waals surface area (Å²) in [4.78, 5) is 51.4. The minimum absolute atomic E-state index is 0.150. The molecule has 1 aliphatic rings. The Balaban J connectivity index is 2.21. The van der Waals surface area contributed by atoms with E-state index in [0.717, 1.165) is 6.20 Å². The first-order valence-corrected chi connectivity index (χ1v) is 13.2. The first kappa shape index (κ1) is 27.5. The van der Waals surface area contributed by atoms with Crippen molar-refractivity contribution < 1.29 is 60.6 Å². The number of aromatic nitrogens is 2. The molecule has 1 aliphatic heterocycles. The molecule has 6 N–H and O–H groups in total. The van der Waals surface area contributed by atoms with Crippen molar-refractivity contribution in [2.75, 3.05) is 24.9 Å². The Morgan fingerprint density at radius 3 is 2.41 bits per heavy atom. The molecule has 1 saturated heterocycles. The molecule has 0 radical (unpaired) electrons. The number of phosphoric ester groups is 1. The molecule has 1 aromatic heterocycles. The second-order valence-electron chi connectivity index (χ2n) is 6.21. The van der Waals surface area contributed by atoms with Crippen LogP contribution in [0.15, 0.2) is 17.1 Å². The molecule has 2 heterocycles. The third kappa shape index (κ3) is 6.64. The highest BCUT2D eigenvalue weighted by molar-refractivity contribution is 7.66. The maximum Gasteiger partial charge on any atom is 0.490 e. The minimum atomic E-state index is -5.80. The van der Waals surface area contributed by atoms with Gasteiger partial charge in [0.1, 0.15) is 17.5 Å². The number of nitrogens with zero attached hydrogens (tertiary/aromatic N) is 2. The van der Waals surface area contributed by atoms with Crippen LogP contribution in [0.1, 0.15) is 6.23 Å². The minimum Gasteiger partial charge on any atom is -0.387 e. The SMILES string of the molecule is CNc1ccn(C2OC(CCl)(COP(=O)(O)OP(=O)(O)OP(=O)(O)O)C(O)C2F)c(=O)n1. The molecular weight excluding hydrogens is 530 g/mol. The number of hydrogen-bond acceptors (Lipinski definition) is 11. The van der Waals surface area contributed by atoms with Gasteiger partial charge in [-0.15, -0.1) is 11.6 Å². The number of phosphoric acid groups is 3. The molecule has 0 saturated carbocycles. The number of aliphatic hydroxyl groups is 1. The number of hydrogen-bond donors (Lipinski definition) is 6. The fourth-order valence-electron chi connectivity index (χ4n) is 2.54. The summed E-state index contributed by atoms with van der Waals surface area (Å²) < 4.78 is 66.1. The van der Waals surface area contributed by atoms with Gasteiger partial charge >= 0.3 is 29.2 Å². The Labute approximate surface area is 183 Å². The molecule has 0 aromatic carbocycles. The molecule has 1 aromatic rings. The molecule has 0 spiro atoms. The van der Waals surface area contributed by atoms with E-state index in [2.05, 4.69) is 23.4 Å². The summed E-state index contributed by atoms with van der Waals surface area (Å²) in [6, 6.07) is 1.29. The first-order chi connectivity index (χ1) is 14.5. The summed E-state index contributed by atoms with van der Waals surface area (Å²) in [7, 11) is -15.5. The standard InChI is InChI=1S/C11H18ClFN3O13P3/c1-14-6-2-3-16(10(18)15-6)9-7(13)8(17)11(4-12,27-9)5-26-31(22,23)29-32(24,25)28-30(19,20)21/h2-3,7-9,17H,4-5H2,1H3,(H,22,23)(H,24,25)(H,14,15,18)(H2,19,20,21). The van der Waals surface area contributed by atoms with Crippen LogP contribution in [0.5, 0.6) is 0 Å². The smallest absolute Gasteiger partial charge is 0.387 e. The molecule has 6 atom stereocenters. The maximum atomic E-state index is 14.7. The Morgan fingerprint density at radius 2 is 1.91 bits per heavy atom. The van der Waals surface area contributed by atoms with Crippen molar-refractivity contribution >= 4 is 40.9 Å². The zero-order valence-corrected chi connectivity index (χ0v) is 19.2. The third-order valence-electron chi connectivity index (χ3n) is 3.94. The van der Waals surface area contributed by atoms with Crippen LogP contribution in [0.4, 0.5) is 10.2 Å². The lowest BCUT2D eigenvalue weighted by Gasteiger charge is -2.29. The van der Waals surface area contributed by atoms with Crippen molar-refractivity contribution in [3.63, 3.8) is 0 Å². The number of halogens is 2. The molecule has 6 unspecified atom stereocenters. The fourth-order valence-corrected chi connectivity index (χ4v) is 5.91. The fraction of sp³-hybridized carbons (Fsp3) is 0.636. The van der Waals surface area contributed by atoms with Gasteiger partial charge in [0, 0.05) is 13.2 Å². The molecule has 2 rings (SSSR count). The Hall–Kier alpha value is -0.770. The lowest BCUT2D eigenvalue weighted by Crippen LogP contribution is -2.47. The zero-order valence-electron chi connectivity index (χ0n) is 15.8. The average molecular weight is 548 g/mol. The van der Waals surface area contributed by atoms with E-state index in [-0.39, 0.29) is 5.82 Å². The van der Waals surface area contributed by atoms with E-state index in [1.54, 1.807) is 0 Å². The molecule has 0 bridgehead atoms. The molecule has 16 nitrogen and oxygen atoms in total. The summed E-state index contributed by atoms with van der Waals surface area (Å²) >= 11 is 5.73. The first-order valence-electron chi connectivity index (χ1n) is 8.16. The number of aliphatic hydroxyl groups excluding tert-OH is 1. The van der Waals surface area contributed by atoms with Gasteiger partial charge in [0.05, 0.1) is 12.5 Å². The van der Waals surface area contributed by atoms with Gasteiger partial charge in [-0.1, -0.05) is 0 Å². The number of alkyl halides is 2. The Bertz CT molecular complexity index is 1040. The molecule has 0 aliphatic carbocycles. The maximum absolute atomic E-state index is 14.7. The molecule has 1 fully saturated rings. The van der Waals surface area contributed by atoms with Crippen LogP contribution in [-0.2, 0) is 31.6 Å². The Kier molecular flexibility index (Phi) is 8.45. The van der Waals surface area contributed by atoms with Gasteiger partial charge in [0.15, 0.2) is 12.4 Å². The average Bonchev–Trinajstić information content (AvgIpc) is 2.89. The number of ether oxygens (including phenoxy) is 1. The predicted octanol–water partition coefficient (Wildman–Crippen LogP) is -0.166. The van der Waals surface area contributed by atoms with Crippen molar-refractivity contribution in [1.29, 1.82) is 0 Å². The van der Waals surface area contributed by atoms with E-state index in [0.29, 0.717) is 4.57 Å². The topological polar surface area (TPSA) is 236 Å². The monoisotopic (exact) mass is 547 g/mol. The van der Waals surface area contributed by atoms with Crippen LogP contribution < -0.4 is 11.0 Å². The lowest BCUT2D eigenvalue weighted by atomic mass is 9.99. The zero-order chi connectivity index (χ0) is 24.5. The molecule has 0 amide bonds. The van der Waals surface area contributed by atoms with Gasteiger partial charge in [0.2, 0.25) is 0 Å². The van der Waals surface area contributed by atoms with Gasteiger partial charge in [0.25, 0.3) is 0 Å². The van der Waals surface area contributed by atoms with Crippen LogP contribution >= 0.6 is 35.1 Å². The van der Waals surface area contributed by atoms with E-state index in [1.165, 1.54) is 13.1 Å². The normalized spacial score (nSPS) is 29.9. The van der Waals surface area contributed by atoms with Crippen LogP contribution in [-0.4, -0.2) is 71.6 Å². The number of anilines is 1. The number of rotatable bonds is 10. The van der Waals surface area contributed by atoms with Crippen LogP contribution in [0.2, 0.25) is 0 Å². The van der Waals surface area contributed by atoms with E-state index < -0.39 is 65.7 Å². The predicted molar refractivity (Wildman–Crippen MR) is 102 cm³/mol. The molecule has 21 heteroatoms. The van der Waals surface area contributed by atoms with Crippen molar-refractivity contribution in [2.45, 2.75) is 24.1 Å². The van der Waals surface area contributed by atoms with Crippen molar-refractivity contribution in [3.05, 3.63) is 22.7 Å². The van der Waals surface area contributed by atoms with Crippen molar-refractivity contribution in [1.82, 2.24) is 9.55 Å². The number of nitrogens with one attached hydrogen (secondary N) is 1. The van der Waals surface area contributed by atoms with E-state index in [4.69, 9.17) is 31.0 Å². The Morgan fingerprint density at radius 1 is 1.28 bits per heavy atom. The highest BCUT2D eigenvalue weighted by Crippen LogP contribution is 2.66. The molecule has 184 valence electrons. The summed E-state index contributed by atoms with van der Waals surface area (Å²) in [5.41, 5.74) is -3.24. The largest absolute Gasteiger partial charge is 0.490 e. The quantitative estimate of drug-likeness (QED) is 0.165. The van der Waals surface area contributed by atoms with E-state index >= 15 is 0 Å².